The third-order valence-electron chi connectivity index (χ3n) is 2.40. The molecule has 0 radical (unpaired) electrons. The lowest BCUT2D eigenvalue weighted by molar-refractivity contribution is 0.458. The average molecular weight is 224 g/mol. The van der Waals surface area contributed by atoms with Crippen molar-refractivity contribution in [3.05, 3.63) is 53.2 Å². The molecule has 0 aliphatic rings. The molecule has 0 N–H and O–H groups in total. The monoisotopic (exact) mass is 224 g/mol. The quantitative estimate of drug-likeness (QED) is 0.785. The maximum Gasteiger partial charge on any atom is 0.220 e. The number of benzene rings is 1. The first-order valence-corrected chi connectivity index (χ1v) is 5.31. The van der Waals surface area contributed by atoms with Gasteiger partial charge < -0.3 is 4.74 Å². The fraction of sp³-hybridized carbons (Fsp3) is 0.143. The molecule has 0 amide bonds. The van der Waals surface area contributed by atoms with Crippen molar-refractivity contribution in [1.82, 2.24) is 4.98 Å². The molecule has 3 heteroatoms. The third kappa shape index (κ3) is 2.61. The highest BCUT2D eigenvalue weighted by Crippen LogP contribution is 2.24. The van der Waals surface area contributed by atoms with E-state index in [1.807, 2.05) is 38.1 Å². The Labute approximate surface area is 100 Å². The predicted molar refractivity (Wildman–Crippen MR) is 64.9 cm³/mol. The number of aromatic nitrogens is 1. The van der Waals surface area contributed by atoms with Gasteiger partial charge in [0, 0.05) is 6.07 Å². The van der Waals surface area contributed by atoms with Crippen LogP contribution in [0.1, 0.15) is 16.8 Å². The molecular weight excluding hydrogens is 212 g/mol. The molecule has 84 valence electrons. The SMILES string of the molecule is Cc1ccc(C)c(Oc2cccc(C#N)n2)c1. The van der Waals surface area contributed by atoms with E-state index in [1.165, 1.54) is 0 Å². The summed E-state index contributed by atoms with van der Waals surface area (Å²) >= 11 is 0. The maximum atomic E-state index is 8.76. The van der Waals surface area contributed by atoms with Gasteiger partial charge in [-0.15, -0.1) is 0 Å². The zero-order valence-electron chi connectivity index (χ0n) is 9.77. The van der Waals surface area contributed by atoms with Gasteiger partial charge in [-0.25, -0.2) is 4.98 Å². The van der Waals surface area contributed by atoms with Crippen molar-refractivity contribution in [1.29, 1.82) is 5.26 Å². The van der Waals surface area contributed by atoms with Gasteiger partial charge in [0.2, 0.25) is 5.88 Å². The van der Waals surface area contributed by atoms with Gasteiger partial charge in [0.15, 0.2) is 0 Å². The highest BCUT2D eigenvalue weighted by Gasteiger charge is 2.03. The molecule has 3 nitrogen and oxygen atoms in total. The van der Waals surface area contributed by atoms with Crippen LogP contribution in [0, 0.1) is 25.2 Å². The van der Waals surface area contributed by atoms with E-state index in [-0.39, 0.29) is 0 Å². The van der Waals surface area contributed by atoms with Crippen molar-refractivity contribution in [3.63, 3.8) is 0 Å². The summed E-state index contributed by atoms with van der Waals surface area (Å²) in [6.45, 7) is 3.98. The predicted octanol–water partition coefficient (Wildman–Crippen LogP) is 3.36. The maximum absolute atomic E-state index is 8.76. The molecule has 2 aromatic rings. The van der Waals surface area contributed by atoms with Gasteiger partial charge in [0.25, 0.3) is 0 Å². The van der Waals surface area contributed by atoms with Crippen LogP contribution >= 0.6 is 0 Å². The number of rotatable bonds is 2. The normalized spacial score (nSPS) is 9.71. The van der Waals surface area contributed by atoms with Crippen LogP contribution in [-0.4, -0.2) is 4.98 Å². The lowest BCUT2D eigenvalue weighted by Crippen LogP contribution is -1.92. The highest BCUT2D eigenvalue weighted by atomic mass is 16.5. The summed E-state index contributed by atoms with van der Waals surface area (Å²) in [4.78, 5) is 4.07. The molecule has 0 spiro atoms. The van der Waals surface area contributed by atoms with Crippen molar-refractivity contribution in [2.45, 2.75) is 13.8 Å². The Morgan fingerprint density at radius 1 is 1.18 bits per heavy atom. The standard InChI is InChI=1S/C14H12N2O/c1-10-6-7-11(2)13(8-10)17-14-5-3-4-12(9-15)16-14/h3-8H,1-2H3. The largest absolute Gasteiger partial charge is 0.439 e. The van der Waals surface area contributed by atoms with Crippen molar-refractivity contribution < 1.29 is 4.74 Å². The van der Waals surface area contributed by atoms with Crippen molar-refractivity contribution >= 4 is 0 Å². The summed E-state index contributed by atoms with van der Waals surface area (Å²) in [6, 6.07) is 13.1. The molecule has 0 saturated heterocycles. The summed E-state index contributed by atoms with van der Waals surface area (Å²) in [5, 5.41) is 8.76. The van der Waals surface area contributed by atoms with Crippen LogP contribution in [0.5, 0.6) is 11.6 Å². The van der Waals surface area contributed by atoms with Crippen molar-refractivity contribution in [3.8, 4) is 17.7 Å². The van der Waals surface area contributed by atoms with Crippen LogP contribution in [0.3, 0.4) is 0 Å². The van der Waals surface area contributed by atoms with Crippen molar-refractivity contribution in [2.24, 2.45) is 0 Å². The van der Waals surface area contributed by atoms with Gasteiger partial charge in [-0.05, 0) is 37.1 Å². The topological polar surface area (TPSA) is 45.9 Å². The second kappa shape index (κ2) is 4.67. The van der Waals surface area contributed by atoms with Crippen LogP contribution < -0.4 is 4.74 Å². The van der Waals surface area contributed by atoms with Gasteiger partial charge in [-0.3, -0.25) is 0 Å². The molecule has 0 fully saturated rings. The molecule has 1 aromatic heterocycles. The molecule has 2 rings (SSSR count). The van der Waals surface area contributed by atoms with E-state index in [0.29, 0.717) is 11.6 Å². The van der Waals surface area contributed by atoms with Gasteiger partial charge in [-0.1, -0.05) is 18.2 Å². The minimum Gasteiger partial charge on any atom is -0.439 e. The summed E-state index contributed by atoms with van der Waals surface area (Å²) in [6.07, 6.45) is 0. The van der Waals surface area contributed by atoms with Crippen LogP contribution in [-0.2, 0) is 0 Å². The molecule has 0 saturated carbocycles. The van der Waals surface area contributed by atoms with Gasteiger partial charge in [0.05, 0.1) is 0 Å². The fourth-order valence-corrected chi connectivity index (χ4v) is 1.46. The molecule has 0 aliphatic heterocycles. The molecule has 1 heterocycles. The fourth-order valence-electron chi connectivity index (χ4n) is 1.46. The van der Waals surface area contributed by atoms with Crippen LogP contribution in [0.25, 0.3) is 0 Å². The first kappa shape index (κ1) is 11.2. The molecular formula is C14H12N2O. The Hall–Kier alpha value is -2.34. The van der Waals surface area contributed by atoms with E-state index in [2.05, 4.69) is 4.98 Å². The number of ether oxygens (including phenoxy) is 1. The van der Waals surface area contributed by atoms with E-state index in [1.54, 1.807) is 18.2 Å². The molecule has 0 unspecified atom stereocenters. The Morgan fingerprint density at radius 3 is 2.76 bits per heavy atom. The van der Waals surface area contributed by atoms with Crippen LogP contribution in [0.2, 0.25) is 0 Å². The average Bonchev–Trinajstić information content (AvgIpc) is 2.34. The van der Waals surface area contributed by atoms with Crippen LogP contribution in [0.15, 0.2) is 36.4 Å². The second-order valence-electron chi connectivity index (χ2n) is 3.84. The summed E-state index contributed by atoms with van der Waals surface area (Å²) in [5.41, 5.74) is 2.52. The molecule has 0 bridgehead atoms. The van der Waals surface area contributed by atoms with Gasteiger partial charge >= 0.3 is 0 Å². The lowest BCUT2D eigenvalue weighted by Gasteiger charge is -2.08. The van der Waals surface area contributed by atoms with E-state index in [9.17, 15) is 0 Å². The van der Waals surface area contributed by atoms with E-state index >= 15 is 0 Å². The molecule has 1 aromatic carbocycles. The smallest absolute Gasteiger partial charge is 0.220 e. The van der Waals surface area contributed by atoms with Gasteiger partial charge in [0.1, 0.15) is 17.5 Å². The van der Waals surface area contributed by atoms with E-state index in [4.69, 9.17) is 10.00 Å². The summed E-state index contributed by atoms with van der Waals surface area (Å²) < 4.78 is 5.67. The Balaban J connectivity index is 2.31. The highest BCUT2D eigenvalue weighted by molar-refractivity contribution is 5.38. The first-order chi connectivity index (χ1) is 8.19. The first-order valence-electron chi connectivity index (χ1n) is 5.31. The number of nitriles is 1. The van der Waals surface area contributed by atoms with Crippen molar-refractivity contribution in [2.75, 3.05) is 0 Å². The van der Waals surface area contributed by atoms with Crippen LogP contribution in [0.4, 0.5) is 0 Å². The minimum absolute atomic E-state index is 0.354. The Kier molecular flexibility index (Phi) is 3.06. The third-order valence-corrected chi connectivity index (χ3v) is 2.40. The zero-order chi connectivity index (χ0) is 12.3. The number of hydrogen-bond acceptors (Lipinski definition) is 3. The summed E-state index contributed by atoms with van der Waals surface area (Å²) in [5.74, 6) is 1.21. The number of hydrogen-bond donors (Lipinski definition) is 0. The molecule has 0 atom stereocenters. The number of aryl methyl sites for hydroxylation is 2. The number of pyridine rings is 1. The Morgan fingerprint density at radius 2 is 2.00 bits per heavy atom. The van der Waals surface area contributed by atoms with E-state index in [0.717, 1.165) is 16.9 Å². The number of nitrogens with zero attached hydrogens (tertiary/aromatic N) is 2. The Bertz CT molecular complexity index is 585. The molecule has 0 aliphatic carbocycles. The summed E-state index contributed by atoms with van der Waals surface area (Å²) in [7, 11) is 0. The van der Waals surface area contributed by atoms with Gasteiger partial charge in [-0.2, -0.15) is 5.26 Å². The second-order valence-corrected chi connectivity index (χ2v) is 3.84. The minimum atomic E-state index is 0.354. The molecule has 17 heavy (non-hydrogen) atoms. The van der Waals surface area contributed by atoms with E-state index < -0.39 is 0 Å². The zero-order valence-corrected chi connectivity index (χ0v) is 9.77. The lowest BCUT2D eigenvalue weighted by atomic mass is 10.1.